The minimum Gasteiger partial charge on any atom is -0.598 e. The van der Waals surface area contributed by atoms with Crippen LogP contribution in [0.5, 0.6) is 0 Å². The maximum absolute atomic E-state index is 12.8. The monoisotopic (exact) mass is 414 g/mol. The van der Waals surface area contributed by atoms with E-state index in [1.807, 2.05) is 44.0 Å². The Morgan fingerprint density at radius 2 is 1.90 bits per heavy atom. The molecule has 0 aromatic carbocycles. The number of fused-ring (bicyclic) bond motifs is 2. The van der Waals surface area contributed by atoms with Crippen LogP contribution in [-0.2, 0) is 21.7 Å². The molecule has 1 N–H and O–H groups in total. The summed E-state index contributed by atoms with van der Waals surface area (Å²) in [6, 6.07) is 6.44. The maximum Gasteiger partial charge on any atom is 0.231 e. The van der Waals surface area contributed by atoms with E-state index in [9.17, 15) is 9.35 Å². The summed E-state index contributed by atoms with van der Waals surface area (Å²) < 4.78 is 17.5. The van der Waals surface area contributed by atoms with E-state index in [-0.39, 0.29) is 16.6 Å². The fraction of sp³-hybridized carbons (Fsp3) is 0.636. The summed E-state index contributed by atoms with van der Waals surface area (Å²) in [7, 11) is 0. The van der Waals surface area contributed by atoms with Crippen LogP contribution >= 0.6 is 0 Å². The molecule has 29 heavy (non-hydrogen) atoms. The van der Waals surface area contributed by atoms with E-state index in [1.165, 1.54) is 18.4 Å². The number of hydrogen-bond donors (Lipinski definition) is 1. The summed E-state index contributed by atoms with van der Waals surface area (Å²) in [5, 5.41) is 4.89. The van der Waals surface area contributed by atoms with Gasteiger partial charge in [0.2, 0.25) is 5.91 Å². The van der Waals surface area contributed by atoms with Crippen LogP contribution in [0.1, 0.15) is 71.1 Å². The van der Waals surface area contributed by atoms with Crippen molar-refractivity contribution in [2.75, 3.05) is 11.4 Å². The number of amides is 1. The van der Waals surface area contributed by atoms with Crippen molar-refractivity contribution in [3.63, 3.8) is 0 Å². The molecule has 3 aliphatic rings. The number of rotatable bonds is 5. The highest BCUT2D eigenvalue weighted by molar-refractivity contribution is 7.90. The second kappa shape index (κ2) is 6.22. The lowest BCUT2D eigenvalue weighted by Crippen LogP contribution is -2.48. The van der Waals surface area contributed by atoms with Crippen molar-refractivity contribution in [2.24, 2.45) is 11.8 Å². The molecule has 2 saturated carbocycles. The third-order valence-corrected chi connectivity index (χ3v) is 8.16. The van der Waals surface area contributed by atoms with Crippen LogP contribution in [0.2, 0.25) is 0 Å². The molecule has 2 aromatic heterocycles. The second-order valence-corrected chi connectivity index (χ2v) is 12.4. The summed E-state index contributed by atoms with van der Waals surface area (Å²) in [6.45, 7) is 10.7. The van der Waals surface area contributed by atoms with E-state index in [2.05, 4.69) is 22.9 Å². The summed E-state index contributed by atoms with van der Waals surface area (Å²) >= 11 is -1.21. The third-order valence-electron chi connectivity index (χ3n) is 6.36. The molecule has 3 fully saturated rings. The van der Waals surface area contributed by atoms with Crippen LogP contribution in [0.4, 0.5) is 5.82 Å². The highest BCUT2D eigenvalue weighted by Gasteiger charge is 2.53. The molecule has 5 rings (SSSR count). The van der Waals surface area contributed by atoms with Gasteiger partial charge in [-0.2, -0.15) is 5.10 Å². The largest absolute Gasteiger partial charge is 0.598 e. The van der Waals surface area contributed by atoms with Crippen molar-refractivity contribution in [3.05, 3.63) is 29.5 Å². The lowest BCUT2D eigenvalue weighted by molar-refractivity contribution is -0.118. The molecule has 0 radical (unpaired) electrons. The molecular formula is C22H30N4O2S. The quantitative estimate of drug-likeness (QED) is 0.760. The van der Waals surface area contributed by atoms with Crippen molar-refractivity contribution in [1.82, 2.24) is 14.3 Å². The highest BCUT2D eigenvalue weighted by Crippen LogP contribution is 2.48. The fourth-order valence-electron chi connectivity index (χ4n) is 4.17. The first kappa shape index (κ1) is 19.4. The van der Waals surface area contributed by atoms with Gasteiger partial charge in [-0.3, -0.25) is 9.69 Å². The molecule has 2 aliphatic carbocycles. The third kappa shape index (κ3) is 3.37. The van der Waals surface area contributed by atoms with Gasteiger partial charge in [0, 0.05) is 23.8 Å². The lowest BCUT2D eigenvalue weighted by atomic mass is 10.0. The van der Waals surface area contributed by atoms with Gasteiger partial charge in [-0.05, 0) is 89.5 Å². The molecule has 1 saturated heterocycles. The fourth-order valence-corrected chi connectivity index (χ4v) is 5.05. The molecular weight excluding hydrogens is 384 g/mol. The van der Waals surface area contributed by atoms with Crippen molar-refractivity contribution >= 4 is 28.6 Å². The van der Waals surface area contributed by atoms with Gasteiger partial charge < -0.3 is 4.55 Å². The number of piperidine rings is 1. The lowest BCUT2D eigenvalue weighted by Gasteiger charge is -2.31. The topological polar surface area (TPSA) is 72.7 Å². The van der Waals surface area contributed by atoms with E-state index in [0.29, 0.717) is 11.8 Å². The van der Waals surface area contributed by atoms with Crippen molar-refractivity contribution in [1.29, 1.82) is 0 Å². The molecule has 2 aromatic rings. The smallest absolute Gasteiger partial charge is 0.231 e. The Morgan fingerprint density at radius 1 is 1.17 bits per heavy atom. The Kier molecular flexibility index (Phi) is 4.16. The number of anilines is 1. The van der Waals surface area contributed by atoms with E-state index in [1.54, 1.807) is 0 Å². The molecule has 0 spiro atoms. The average molecular weight is 415 g/mol. The van der Waals surface area contributed by atoms with Crippen LogP contribution in [0.25, 0.3) is 5.52 Å². The summed E-state index contributed by atoms with van der Waals surface area (Å²) in [4.78, 5) is 14.7. The minimum absolute atomic E-state index is 0.219. The van der Waals surface area contributed by atoms with Gasteiger partial charge in [-0.25, -0.2) is 4.52 Å². The molecule has 3 atom stereocenters. The first-order chi connectivity index (χ1) is 13.5. The number of aromatic nitrogens is 2. The molecule has 3 unspecified atom stereocenters. The Morgan fingerprint density at radius 3 is 2.48 bits per heavy atom. The predicted molar refractivity (Wildman–Crippen MR) is 115 cm³/mol. The molecule has 7 heteroatoms. The van der Waals surface area contributed by atoms with E-state index >= 15 is 0 Å². The van der Waals surface area contributed by atoms with Crippen LogP contribution < -0.4 is 9.62 Å². The van der Waals surface area contributed by atoms with E-state index in [0.717, 1.165) is 30.0 Å². The molecule has 3 heterocycles. The highest BCUT2D eigenvalue weighted by atomic mass is 32.2. The predicted octanol–water partition coefficient (Wildman–Crippen LogP) is 3.48. The zero-order valence-electron chi connectivity index (χ0n) is 17.9. The molecule has 1 aliphatic heterocycles. The van der Waals surface area contributed by atoms with Gasteiger partial charge >= 0.3 is 0 Å². The first-order valence-electron chi connectivity index (χ1n) is 10.6. The van der Waals surface area contributed by atoms with E-state index < -0.39 is 16.9 Å². The number of carbonyl (C=O) groups excluding carboxylic acids is 1. The number of nitrogens with zero attached hydrogens (tertiary/aromatic N) is 3. The van der Waals surface area contributed by atoms with Gasteiger partial charge in [0.05, 0.1) is 11.2 Å². The zero-order valence-corrected chi connectivity index (χ0v) is 18.7. The Hall–Kier alpha value is -1.57. The minimum atomic E-state index is -1.21. The van der Waals surface area contributed by atoms with Crippen LogP contribution in [0.15, 0.2) is 18.2 Å². The second-order valence-electron chi connectivity index (χ2n) is 10.4. The Balaban J connectivity index is 1.55. The number of nitrogens with one attached hydrogen (secondary N) is 1. The van der Waals surface area contributed by atoms with Crippen LogP contribution in [-0.4, -0.2) is 31.4 Å². The SMILES string of the molecule is CC(C)(N[S+]([O-])C(C)(C)C)c1cc2cc(C3CC3)cc(N3CC4CC4C3=O)n2n1. The average Bonchev–Trinajstić information content (AvgIpc) is 3.53. The van der Waals surface area contributed by atoms with Crippen molar-refractivity contribution in [3.8, 4) is 0 Å². The van der Waals surface area contributed by atoms with E-state index in [4.69, 9.17) is 5.10 Å². The Labute approximate surface area is 175 Å². The summed E-state index contributed by atoms with van der Waals surface area (Å²) in [5.41, 5.74) is 2.58. The van der Waals surface area contributed by atoms with Gasteiger partial charge in [0.25, 0.3) is 0 Å². The summed E-state index contributed by atoms with van der Waals surface area (Å²) in [5.74, 6) is 2.47. The van der Waals surface area contributed by atoms with Crippen molar-refractivity contribution < 1.29 is 9.35 Å². The number of hydrogen-bond acceptors (Lipinski definition) is 4. The normalized spacial score (nSPS) is 25.6. The van der Waals surface area contributed by atoms with Gasteiger partial charge in [-0.15, -0.1) is 4.72 Å². The van der Waals surface area contributed by atoms with Gasteiger partial charge in [0.1, 0.15) is 16.1 Å². The number of pyridine rings is 1. The molecule has 1 amide bonds. The van der Waals surface area contributed by atoms with Crippen LogP contribution in [0, 0.1) is 11.8 Å². The Bertz CT molecular complexity index is 989. The number of carbonyl (C=O) groups is 1. The molecule has 156 valence electrons. The first-order valence-corrected chi connectivity index (χ1v) is 11.7. The standard InChI is InChI=1S/C22H30N4O2S/c1-21(2,3)29(28)24-22(4,5)18-11-16-8-14(13-6-7-13)10-19(26(16)23-18)25-12-15-9-17(15)20(25)27/h8,10-11,13,15,17,24H,6-7,9,12H2,1-5H3. The summed E-state index contributed by atoms with van der Waals surface area (Å²) in [6.07, 6.45) is 3.47. The maximum atomic E-state index is 12.8. The van der Waals surface area contributed by atoms with Gasteiger partial charge in [0.15, 0.2) is 0 Å². The molecule has 6 nitrogen and oxygen atoms in total. The van der Waals surface area contributed by atoms with Crippen molar-refractivity contribution in [2.45, 2.75) is 70.1 Å². The van der Waals surface area contributed by atoms with Crippen LogP contribution in [0.3, 0.4) is 0 Å². The zero-order chi connectivity index (χ0) is 20.7. The van der Waals surface area contributed by atoms with Gasteiger partial charge in [-0.1, -0.05) is 0 Å². The molecule has 0 bridgehead atoms.